The molecule has 1 aliphatic heterocycles. The molecule has 2 amide bonds. The second-order valence-corrected chi connectivity index (χ2v) is 10.3. The Labute approximate surface area is 193 Å². The van der Waals surface area contributed by atoms with E-state index in [2.05, 4.69) is 28.9 Å². The molecule has 9 heteroatoms. The summed E-state index contributed by atoms with van der Waals surface area (Å²) >= 11 is 0. The van der Waals surface area contributed by atoms with Gasteiger partial charge in [-0.1, -0.05) is 20.8 Å². The molecule has 0 aromatic carbocycles. The molecule has 186 valence electrons. The standard InChI is InChI=1S/C21H39N3O4.C2H4O2/c1-15-9-10-17(23(15)8)11-12-24(18(26)20(2,3)4)13-16(14-25)22-19(27)28-21(5,6)7;1-4-2-3/h14-17H,9-13H2,1-8H3,(H,22,27);2H,1H3. The first kappa shape index (κ1) is 29.8. The molecular weight excluding hydrogens is 414 g/mol. The van der Waals surface area contributed by atoms with Crippen LogP contribution in [0.5, 0.6) is 0 Å². The summed E-state index contributed by atoms with van der Waals surface area (Å²) in [5.41, 5.74) is -1.21. The Kier molecular flexibility index (Phi) is 12.5. The van der Waals surface area contributed by atoms with E-state index in [1.54, 1.807) is 25.7 Å². The molecular formula is C23H43N3O6. The van der Waals surface area contributed by atoms with E-state index in [9.17, 15) is 14.4 Å². The van der Waals surface area contributed by atoms with E-state index in [1.165, 1.54) is 7.11 Å². The predicted molar refractivity (Wildman–Crippen MR) is 123 cm³/mol. The molecule has 0 saturated carbocycles. The van der Waals surface area contributed by atoms with Crippen LogP contribution in [0.3, 0.4) is 0 Å². The highest BCUT2D eigenvalue weighted by Crippen LogP contribution is 2.25. The van der Waals surface area contributed by atoms with Gasteiger partial charge in [0.2, 0.25) is 5.91 Å². The molecule has 0 aliphatic carbocycles. The van der Waals surface area contributed by atoms with E-state index in [1.807, 2.05) is 20.8 Å². The largest absolute Gasteiger partial charge is 0.471 e. The monoisotopic (exact) mass is 457 g/mol. The van der Waals surface area contributed by atoms with E-state index in [4.69, 9.17) is 9.53 Å². The minimum absolute atomic E-state index is 0.0287. The third kappa shape index (κ3) is 11.5. The molecule has 3 atom stereocenters. The number of nitrogens with one attached hydrogen (secondary N) is 1. The van der Waals surface area contributed by atoms with Gasteiger partial charge in [0.1, 0.15) is 17.9 Å². The summed E-state index contributed by atoms with van der Waals surface area (Å²) in [6, 6.07) is 0.175. The number of alkyl carbamates (subject to hydrolysis) is 1. The van der Waals surface area contributed by atoms with Crippen molar-refractivity contribution in [1.29, 1.82) is 0 Å². The van der Waals surface area contributed by atoms with Crippen molar-refractivity contribution in [2.75, 3.05) is 27.2 Å². The fourth-order valence-electron chi connectivity index (χ4n) is 3.42. The summed E-state index contributed by atoms with van der Waals surface area (Å²) in [6.07, 6.45) is 3.13. The number of amides is 2. The van der Waals surface area contributed by atoms with Crippen molar-refractivity contribution in [3.05, 3.63) is 0 Å². The highest BCUT2D eigenvalue weighted by atomic mass is 16.6. The Bertz CT molecular complexity index is 612. The lowest BCUT2D eigenvalue weighted by molar-refractivity contribution is -0.140. The summed E-state index contributed by atoms with van der Waals surface area (Å²) < 4.78 is 9.09. The van der Waals surface area contributed by atoms with E-state index in [-0.39, 0.29) is 12.5 Å². The first-order valence-electron chi connectivity index (χ1n) is 11.1. The number of aldehydes is 1. The van der Waals surface area contributed by atoms with Gasteiger partial charge in [-0.25, -0.2) is 4.79 Å². The SMILES string of the molecule is CC1CCC(CCN(CC(C=O)NC(=O)OC(C)(C)C)C(=O)C(C)(C)C)N1C.COC=O. The van der Waals surface area contributed by atoms with Gasteiger partial charge in [0, 0.05) is 30.6 Å². The second kappa shape index (κ2) is 13.4. The van der Waals surface area contributed by atoms with Crippen LogP contribution in [0.4, 0.5) is 4.79 Å². The highest BCUT2D eigenvalue weighted by molar-refractivity contribution is 5.82. The molecule has 3 unspecified atom stereocenters. The van der Waals surface area contributed by atoms with Crippen LogP contribution in [0.15, 0.2) is 0 Å². The number of ether oxygens (including phenoxy) is 2. The zero-order valence-electron chi connectivity index (χ0n) is 21.3. The van der Waals surface area contributed by atoms with Crippen LogP contribution < -0.4 is 5.32 Å². The van der Waals surface area contributed by atoms with Crippen LogP contribution in [-0.4, -0.2) is 85.5 Å². The molecule has 0 aromatic rings. The number of carbonyl (C=O) groups excluding carboxylic acids is 4. The molecule has 1 saturated heterocycles. The average Bonchev–Trinajstić information content (AvgIpc) is 2.99. The van der Waals surface area contributed by atoms with Crippen LogP contribution in [-0.2, 0) is 23.9 Å². The zero-order chi connectivity index (χ0) is 25.1. The van der Waals surface area contributed by atoms with Gasteiger partial charge in [0.05, 0.1) is 7.11 Å². The van der Waals surface area contributed by atoms with Gasteiger partial charge in [-0.15, -0.1) is 0 Å². The third-order valence-corrected chi connectivity index (χ3v) is 5.23. The molecule has 0 bridgehead atoms. The number of hydrogen-bond acceptors (Lipinski definition) is 7. The fourth-order valence-corrected chi connectivity index (χ4v) is 3.42. The van der Waals surface area contributed by atoms with E-state index < -0.39 is 23.2 Å². The number of carbonyl (C=O) groups is 4. The molecule has 0 aromatic heterocycles. The van der Waals surface area contributed by atoms with Gasteiger partial charge in [-0.3, -0.25) is 9.59 Å². The first-order chi connectivity index (χ1) is 14.7. The van der Waals surface area contributed by atoms with Gasteiger partial charge < -0.3 is 29.4 Å². The molecule has 0 radical (unpaired) electrons. The molecule has 1 aliphatic rings. The van der Waals surface area contributed by atoms with Crippen LogP contribution >= 0.6 is 0 Å². The third-order valence-electron chi connectivity index (χ3n) is 5.23. The lowest BCUT2D eigenvalue weighted by Crippen LogP contribution is -2.51. The summed E-state index contributed by atoms with van der Waals surface area (Å²) in [7, 11) is 3.43. The summed E-state index contributed by atoms with van der Waals surface area (Å²) in [5, 5.41) is 2.57. The minimum atomic E-state index is -0.804. The lowest BCUT2D eigenvalue weighted by Gasteiger charge is -2.33. The Morgan fingerprint density at radius 3 is 2.09 bits per heavy atom. The van der Waals surface area contributed by atoms with Gasteiger partial charge in [0.25, 0.3) is 6.47 Å². The van der Waals surface area contributed by atoms with Crippen molar-refractivity contribution in [3.8, 4) is 0 Å². The topological polar surface area (TPSA) is 105 Å². The molecule has 9 nitrogen and oxygen atoms in total. The number of hydrogen-bond donors (Lipinski definition) is 1. The second-order valence-electron chi connectivity index (χ2n) is 10.3. The quantitative estimate of drug-likeness (QED) is 0.559. The van der Waals surface area contributed by atoms with Crippen molar-refractivity contribution in [3.63, 3.8) is 0 Å². The van der Waals surface area contributed by atoms with Crippen LogP contribution in [0.1, 0.15) is 67.7 Å². The van der Waals surface area contributed by atoms with E-state index in [0.29, 0.717) is 31.4 Å². The first-order valence-corrected chi connectivity index (χ1v) is 11.1. The Hall–Kier alpha value is -2.16. The summed E-state index contributed by atoms with van der Waals surface area (Å²) in [4.78, 5) is 49.5. The highest BCUT2D eigenvalue weighted by Gasteiger charge is 2.32. The van der Waals surface area contributed by atoms with Crippen LogP contribution in [0.2, 0.25) is 0 Å². The van der Waals surface area contributed by atoms with Crippen molar-refractivity contribution in [2.24, 2.45) is 5.41 Å². The summed E-state index contributed by atoms with van der Waals surface area (Å²) in [5.74, 6) is -0.0287. The maximum Gasteiger partial charge on any atom is 0.408 e. The molecule has 1 N–H and O–H groups in total. The van der Waals surface area contributed by atoms with Crippen molar-refractivity contribution in [1.82, 2.24) is 15.1 Å². The van der Waals surface area contributed by atoms with Gasteiger partial charge in [-0.05, 0) is 54.0 Å². The number of nitrogens with zero attached hydrogens (tertiary/aromatic N) is 2. The van der Waals surface area contributed by atoms with Gasteiger partial charge in [0.15, 0.2) is 0 Å². The molecule has 32 heavy (non-hydrogen) atoms. The van der Waals surface area contributed by atoms with Crippen molar-refractivity contribution < 1.29 is 28.7 Å². The lowest BCUT2D eigenvalue weighted by atomic mass is 9.94. The summed E-state index contributed by atoms with van der Waals surface area (Å²) in [6.45, 7) is 14.2. The van der Waals surface area contributed by atoms with Crippen LogP contribution in [0.25, 0.3) is 0 Å². The van der Waals surface area contributed by atoms with E-state index in [0.717, 1.165) is 19.3 Å². The van der Waals surface area contributed by atoms with Gasteiger partial charge in [-0.2, -0.15) is 0 Å². The number of rotatable bonds is 8. The molecule has 1 heterocycles. The fraction of sp³-hybridized carbons (Fsp3) is 0.826. The maximum absolute atomic E-state index is 12.9. The smallest absolute Gasteiger partial charge is 0.408 e. The van der Waals surface area contributed by atoms with Crippen molar-refractivity contribution in [2.45, 2.75) is 91.5 Å². The van der Waals surface area contributed by atoms with Gasteiger partial charge >= 0.3 is 6.09 Å². The minimum Gasteiger partial charge on any atom is -0.471 e. The Morgan fingerprint density at radius 1 is 1.16 bits per heavy atom. The molecule has 0 spiro atoms. The zero-order valence-corrected chi connectivity index (χ0v) is 21.3. The average molecular weight is 458 g/mol. The Balaban J connectivity index is 0.00000220. The normalized spacial score (nSPS) is 19.8. The number of likely N-dealkylation sites (tertiary alicyclic amines) is 1. The number of methoxy groups -OCH3 is 1. The molecule has 1 fully saturated rings. The predicted octanol–water partition coefficient (Wildman–Crippen LogP) is 2.62. The Morgan fingerprint density at radius 2 is 1.72 bits per heavy atom. The van der Waals surface area contributed by atoms with E-state index >= 15 is 0 Å². The molecule has 1 rings (SSSR count). The maximum atomic E-state index is 12.9. The van der Waals surface area contributed by atoms with Crippen molar-refractivity contribution >= 4 is 24.8 Å². The van der Waals surface area contributed by atoms with Crippen LogP contribution in [0, 0.1) is 5.41 Å².